The number of hydrogen-bond acceptors (Lipinski definition) is 3. The van der Waals surface area contributed by atoms with Gasteiger partial charge in [0.1, 0.15) is 11.3 Å². The second-order valence-electron chi connectivity index (χ2n) is 6.56. The molecule has 0 aromatic heterocycles. The van der Waals surface area contributed by atoms with Crippen LogP contribution in [0.2, 0.25) is 0 Å². The number of nitrogens with one attached hydrogen (secondary N) is 1. The third-order valence-electron chi connectivity index (χ3n) is 4.42. The van der Waals surface area contributed by atoms with Crippen LogP contribution in [-0.4, -0.2) is 18.4 Å². The van der Waals surface area contributed by atoms with Gasteiger partial charge >= 0.3 is 0 Å². The Bertz CT molecular complexity index is 859. The molecule has 0 bridgehead atoms. The highest BCUT2D eigenvalue weighted by Gasteiger charge is 2.34. The van der Waals surface area contributed by atoms with Gasteiger partial charge in [0.05, 0.1) is 12.3 Å². The Morgan fingerprint density at radius 1 is 1.07 bits per heavy atom. The first-order valence-electron chi connectivity index (χ1n) is 9.26. The van der Waals surface area contributed by atoms with Crippen LogP contribution < -0.4 is 15.2 Å². The largest absolute Gasteiger partial charge is 0.493 e. The zero-order chi connectivity index (χ0) is 19.2. The fourth-order valence-electron chi connectivity index (χ4n) is 2.94. The van der Waals surface area contributed by atoms with Crippen molar-refractivity contribution in [2.45, 2.75) is 33.1 Å². The van der Waals surface area contributed by atoms with E-state index in [4.69, 9.17) is 4.74 Å². The fraction of sp³-hybridized carbons (Fsp3) is 0.273. The molecule has 2 aromatic rings. The predicted molar refractivity (Wildman–Crippen MR) is 106 cm³/mol. The van der Waals surface area contributed by atoms with Crippen molar-refractivity contribution in [3.63, 3.8) is 0 Å². The Balaban J connectivity index is 1.75. The molecule has 0 unspecified atom stereocenters. The lowest BCUT2D eigenvalue weighted by atomic mass is 10.1. The first-order valence-corrected chi connectivity index (χ1v) is 9.26. The lowest BCUT2D eigenvalue weighted by molar-refractivity contribution is -0.117. The molecule has 27 heavy (non-hydrogen) atoms. The smallest absolute Gasteiger partial charge is 0.282 e. The number of rotatable bonds is 7. The van der Waals surface area contributed by atoms with E-state index in [9.17, 15) is 9.59 Å². The molecule has 0 aliphatic carbocycles. The SMILES string of the molecule is CCCCCOc1ccc(/C=C2\C(=O)NN(c3ccccc3)C2=O)cc1C. The molecule has 0 saturated carbocycles. The van der Waals surface area contributed by atoms with E-state index >= 15 is 0 Å². The number of nitrogens with zero attached hydrogens (tertiary/aromatic N) is 1. The van der Waals surface area contributed by atoms with Crippen LogP contribution in [0.4, 0.5) is 5.69 Å². The van der Waals surface area contributed by atoms with Crippen molar-refractivity contribution in [1.29, 1.82) is 0 Å². The van der Waals surface area contributed by atoms with Crippen LogP contribution in [0.15, 0.2) is 54.1 Å². The van der Waals surface area contributed by atoms with Gasteiger partial charge in [0.15, 0.2) is 0 Å². The minimum Gasteiger partial charge on any atom is -0.493 e. The number of aryl methyl sites for hydroxylation is 1. The van der Waals surface area contributed by atoms with Crippen molar-refractivity contribution < 1.29 is 14.3 Å². The van der Waals surface area contributed by atoms with Gasteiger partial charge in [0.25, 0.3) is 11.8 Å². The van der Waals surface area contributed by atoms with Gasteiger partial charge in [-0.25, -0.2) is 5.01 Å². The molecule has 1 saturated heterocycles. The number of hydrogen-bond donors (Lipinski definition) is 1. The number of benzene rings is 2. The number of carbonyl (C=O) groups is 2. The summed E-state index contributed by atoms with van der Waals surface area (Å²) >= 11 is 0. The molecule has 0 radical (unpaired) electrons. The van der Waals surface area contributed by atoms with Gasteiger partial charge in [0, 0.05) is 0 Å². The van der Waals surface area contributed by atoms with Crippen LogP contribution in [-0.2, 0) is 9.59 Å². The molecule has 2 aromatic carbocycles. The highest BCUT2D eigenvalue weighted by Crippen LogP contribution is 2.24. The zero-order valence-electron chi connectivity index (χ0n) is 15.7. The molecule has 1 aliphatic rings. The molecule has 0 atom stereocenters. The minimum absolute atomic E-state index is 0.120. The first kappa shape index (κ1) is 18.7. The van der Waals surface area contributed by atoms with Gasteiger partial charge in [0.2, 0.25) is 0 Å². The second kappa shape index (κ2) is 8.54. The second-order valence-corrected chi connectivity index (χ2v) is 6.56. The van der Waals surface area contributed by atoms with Gasteiger partial charge in [-0.05, 0) is 54.8 Å². The topological polar surface area (TPSA) is 58.6 Å². The fourth-order valence-corrected chi connectivity index (χ4v) is 2.94. The van der Waals surface area contributed by atoms with Gasteiger partial charge in [-0.2, -0.15) is 0 Å². The van der Waals surface area contributed by atoms with Gasteiger partial charge in [-0.3, -0.25) is 15.0 Å². The number of ether oxygens (including phenoxy) is 1. The van der Waals surface area contributed by atoms with E-state index in [1.165, 1.54) is 5.01 Å². The number of unbranched alkanes of at least 4 members (excludes halogenated alkanes) is 2. The van der Waals surface area contributed by atoms with Crippen molar-refractivity contribution in [3.05, 3.63) is 65.2 Å². The van der Waals surface area contributed by atoms with Crippen LogP contribution >= 0.6 is 0 Å². The molecule has 1 heterocycles. The van der Waals surface area contributed by atoms with Crippen LogP contribution in [0, 0.1) is 6.92 Å². The average molecular weight is 364 g/mol. The summed E-state index contributed by atoms with van der Waals surface area (Å²) in [4.78, 5) is 24.9. The van der Waals surface area contributed by atoms with Crippen molar-refractivity contribution in [1.82, 2.24) is 5.43 Å². The minimum atomic E-state index is -0.401. The third kappa shape index (κ3) is 4.37. The average Bonchev–Trinajstić information content (AvgIpc) is 2.95. The lowest BCUT2D eigenvalue weighted by Crippen LogP contribution is -2.35. The monoisotopic (exact) mass is 364 g/mol. The van der Waals surface area contributed by atoms with E-state index < -0.39 is 5.91 Å². The Morgan fingerprint density at radius 2 is 1.85 bits per heavy atom. The number of para-hydroxylation sites is 1. The van der Waals surface area contributed by atoms with E-state index in [1.54, 1.807) is 18.2 Å². The van der Waals surface area contributed by atoms with E-state index in [0.717, 1.165) is 36.1 Å². The summed E-state index contributed by atoms with van der Waals surface area (Å²) < 4.78 is 5.81. The van der Waals surface area contributed by atoms with Gasteiger partial charge in [-0.1, -0.05) is 44.0 Å². The molecular formula is C22H24N2O3. The maximum atomic E-state index is 12.6. The molecule has 1 N–H and O–H groups in total. The van der Waals surface area contributed by atoms with Crippen LogP contribution in [0.5, 0.6) is 5.75 Å². The Labute approximate surface area is 159 Å². The van der Waals surface area contributed by atoms with Crippen molar-refractivity contribution in [2.75, 3.05) is 11.6 Å². The Hall–Kier alpha value is -3.08. The van der Waals surface area contributed by atoms with Crippen molar-refractivity contribution in [3.8, 4) is 5.75 Å². The molecule has 1 aliphatic heterocycles. The summed E-state index contributed by atoms with van der Waals surface area (Å²) in [5, 5.41) is 1.27. The number of carbonyl (C=O) groups excluding carboxylic acids is 2. The molecule has 2 amide bonds. The maximum absolute atomic E-state index is 12.6. The molecule has 1 fully saturated rings. The van der Waals surface area contributed by atoms with Crippen LogP contribution in [0.25, 0.3) is 6.08 Å². The van der Waals surface area contributed by atoms with Gasteiger partial charge in [-0.15, -0.1) is 0 Å². The van der Waals surface area contributed by atoms with Crippen molar-refractivity contribution in [2.24, 2.45) is 0 Å². The quantitative estimate of drug-likeness (QED) is 0.458. The molecule has 3 rings (SSSR count). The highest BCUT2D eigenvalue weighted by atomic mass is 16.5. The molecular weight excluding hydrogens is 340 g/mol. The molecule has 5 nitrogen and oxygen atoms in total. The third-order valence-corrected chi connectivity index (χ3v) is 4.42. The summed E-state index contributed by atoms with van der Waals surface area (Å²) in [6.07, 6.45) is 4.96. The van der Waals surface area contributed by atoms with Gasteiger partial charge < -0.3 is 4.74 Å². The Morgan fingerprint density at radius 3 is 2.56 bits per heavy atom. The predicted octanol–water partition coefficient (Wildman–Crippen LogP) is 4.03. The van der Waals surface area contributed by atoms with E-state index in [1.807, 2.05) is 43.3 Å². The summed E-state index contributed by atoms with van der Waals surface area (Å²) in [7, 11) is 0. The summed E-state index contributed by atoms with van der Waals surface area (Å²) in [6.45, 7) is 4.82. The highest BCUT2D eigenvalue weighted by molar-refractivity contribution is 6.31. The normalized spacial score (nSPS) is 15.3. The summed E-state index contributed by atoms with van der Waals surface area (Å²) in [6, 6.07) is 14.7. The molecule has 140 valence electrons. The number of amides is 2. The van der Waals surface area contributed by atoms with Crippen molar-refractivity contribution >= 4 is 23.6 Å². The summed E-state index contributed by atoms with van der Waals surface area (Å²) in [5.74, 6) is 0.0755. The number of hydrazine groups is 1. The lowest BCUT2D eigenvalue weighted by Gasteiger charge is -2.13. The maximum Gasteiger partial charge on any atom is 0.282 e. The number of anilines is 1. The van der Waals surface area contributed by atoms with Crippen LogP contribution in [0.1, 0.15) is 37.3 Å². The van der Waals surface area contributed by atoms with E-state index in [-0.39, 0.29) is 11.5 Å². The first-order chi connectivity index (χ1) is 13.1. The van der Waals surface area contributed by atoms with E-state index in [0.29, 0.717) is 12.3 Å². The summed E-state index contributed by atoms with van der Waals surface area (Å²) in [5.41, 5.74) is 5.13. The standard InChI is InChI=1S/C22H24N2O3/c1-3-4-8-13-27-20-12-11-17(14-16(20)2)15-19-21(25)23-24(22(19)26)18-9-6-5-7-10-18/h5-7,9-12,14-15H,3-4,8,13H2,1-2H3,(H,23,25)/b19-15+. The zero-order valence-corrected chi connectivity index (χ0v) is 15.7. The molecule has 0 spiro atoms. The molecule has 5 heteroatoms. The van der Waals surface area contributed by atoms with E-state index in [2.05, 4.69) is 12.3 Å². The Kier molecular flexibility index (Phi) is 5.91. The van der Waals surface area contributed by atoms with Crippen LogP contribution in [0.3, 0.4) is 0 Å².